The van der Waals surface area contributed by atoms with Gasteiger partial charge in [0.2, 0.25) is 5.91 Å². The Morgan fingerprint density at radius 1 is 1.00 bits per heavy atom. The standard InChI is InChI=1S/C17H15Cl3N2O2/c1-11(23)22(16-9-14(19)8-15(20)10-16)6-5-21-17(24)12-3-2-4-13(18)7-12/h2-4,7-10H,5-6H2,1H3,(H,21,24). The highest BCUT2D eigenvalue weighted by Gasteiger charge is 2.14. The maximum absolute atomic E-state index is 12.1. The predicted molar refractivity (Wildman–Crippen MR) is 98.3 cm³/mol. The van der Waals surface area contributed by atoms with Gasteiger partial charge in [0.1, 0.15) is 0 Å². The molecule has 7 heteroatoms. The summed E-state index contributed by atoms with van der Waals surface area (Å²) in [6, 6.07) is 11.5. The average molecular weight is 386 g/mol. The molecule has 0 unspecified atom stereocenters. The quantitative estimate of drug-likeness (QED) is 0.827. The Morgan fingerprint density at radius 3 is 2.25 bits per heavy atom. The first-order valence-electron chi connectivity index (χ1n) is 7.15. The lowest BCUT2D eigenvalue weighted by molar-refractivity contribution is -0.116. The highest BCUT2D eigenvalue weighted by molar-refractivity contribution is 6.35. The number of halogens is 3. The summed E-state index contributed by atoms with van der Waals surface area (Å²) in [4.78, 5) is 25.4. The molecule has 0 aliphatic carbocycles. The Hall–Kier alpha value is -1.75. The molecule has 0 saturated heterocycles. The summed E-state index contributed by atoms with van der Waals surface area (Å²) in [6.07, 6.45) is 0. The number of carbonyl (C=O) groups is 2. The normalized spacial score (nSPS) is 10.3. The van der Waals surface area contributed by atoms with Gasteiger partial charge in [-0.25, -0.2) is 0 Å². The first-order valence-corrected chi connectivity index (χ1v) is 8.28. The second kappa shape index (κ2) is 8.38. The lowest BCUT2D eigenvalue weighted by Crippen LogP contribution is -2.37. The van der Waals surface area contributed by atoms with Crippen LogP contribution in [0.15, 0.2) is 42.5 Å². The molecular weight excluding hydrogens is 371 g/mol. The molecule has 1 N–H and O–H groups in total. The number of hydrogen-bond acceptors (Lipinski definition) is 2. The third kappa shape index (κ3) is 5.13. The molecule has 2 rings (SSSR count). The molecule has 126 valence electrons. The molecule has 24 heavy (non-hydrogen) atoms. The molecule has 0 radical (unpaired) electrons. The Bertz CT molecular complexity index is 745. The van der Waals surface area contributed by atoms with E-state index in [9.17, 15) is 9.59 Å². The molecule has 0 aromatic heterocycles. The van der Waals surface area contributed by atoms with Crippen LogP contribution in [0.2, 0.25) is 15.1 Å². The van der Waals surface area contributed by atoms with Crippen LogP contribution in [-0.2, 0) is 4.79 Å². The fraction of sp³-hybridized carbons (Fsp3) is 0.176. The zero-order valence-electron chi connectivity index (χ0n) is 12.9. The van der Waals surface area contributed by atoms with Gasteiger partial charge in [-0.3, -0.25) is 9.59 Å². The Labute approximate surface area is 155 Å². The van der Waals surface area contributed by atoms with Gasteiger partial charge in [0, 0.05) is 46.3 Å². The van der Waals surface area contributed by atoms with Crippen LogP contribution in [0.4, 0.5) is 5.69 Å². The zero-order valence-corrected chi connectivity index (χ0v) is 15.1. The van der Waals surface area contributed by atoms with Gasteiger partial charge in [-0.15, -0.1) is 0 Å². The van der Waals surface area contributed by atoms with Crippen molar-refractivity contribution >= 4 is 52.3 Å². The van der Waals surface area contributed by atoms with E-state index in [4.69, 9.17) is 34.8 Å². The number of rotatable bonds is 5. The first kappa shape index (κ1) is 18.6. The lowest BCUT2D eigenvalue weighted by atomic mass is 10.2. The summed E-state index contributed by atoms with van der Waals surface area (Å²) in [5.41, 5.74) is 1.04. The Balaban J connectivity index is 2.02. The summed E-state index contributed by atoms with van der Waals surface area (Å²) >= 11 is 17.8. The molecule has 0 aliphatic heterocycles. The van der Waals surface area contributed by atoms with Gasteiger partial charge in [0.05, 0.1) is 0 Å². The van der Waals surface area contributed by atoms with Crippen LogP contribution in [0.1, 0.15) is 17.3 Å². The van der Waals surface area contributed by atoms with Gasteiger partial charge in [-0.1, -0.05) is 40.9 Å². The second-order valence-corrected chi connectivity index (χ2v) is 6.37. The van der Waals surface area contributed by atoms with E-state index in [1.807, 2.05) is 0 Å². The van der Waals surface area contributed by atoms with Crippen molar-refractivity contribution in [3.05, 3.63) is 63.1 Å². The van der Waals surface area contributed by atoms with Crippen molar-refractivity contribution in [3.8, 4) is 0 Å². The molecule has 2 aromatic carbocycles. The Morgan fingerprint density at radius 2 is 1.67 bits per heavy atom. The largest absolute Gasteiger partial charge is 0.350 e. The fourth-order valence-corrected chi connectivity index (χ4v) is 2.88. The Kier molecular flexibility index (Phi) is 6.49. The van der Waals surface area contributed by atoms with E-state index >= 15 is 0 Å². The monoisotopic (exact) mass is 384 g/mol. The van der Waals surface area contributed by atoms with Crippen LogP contribution in [0.3, 0.4) is 0 Å². The molecule has 0 aliphatic rings. The van der Waals surface area contributed by atoms with Gasteiger partial charge < -0.3 is 10.2 Å². The van der Waals surface area contributed by atoms with Gasteiger partial charge >= 0.3 is 0 Å². The third-order valence-electron chi connectivity index (χ3n) is 3.25. The first-order chi connectivity index (χ1) is 11.4. The van der Waals surface area contributed by atoms with Crippen LogP contribution in [0.25, 0.3) is 0 Å². The van der Waals surface area contributed by atoms with Gasteiger partial charge in [0.25, 0.3) is 5.91 Å². The van der Waals surface area contributed by atoms with Crippen molar-refractivity contribution in [3.63, 3.8) is 0 Å². The highest BCUT2D eigenvalue weighted by atomic mass is 35.5. The van der Waals surface area contributed by atoms with Crippen LogP contribution in [0.5, 0.6) is 0 Å². The van der Waals surface area contributed by atoms with Gasteiger partial charge in [-0.2, -0.15) is 0 Å². The minimum Gasteiger partial charge on any atom is -0.350 e. The SMILES string of the molecule is CC(=O)N(CCNC(=O)c1cccc(Cl)c1)c1cc(Cl)cc(Cl)c1. The van der Waals surface area contributed by atoms with E-state index in [-0.39, 0.29) is 24.9 Å². The van der Waals surface area contributed by atoms with Crippen molar-refractivity contribution in [1.29, 1.82) is 0 Å². The number of nitrogens with one attached hydrogen (secondary N) is 1. The van der Waals surface area contributed by atoms with E-state index in [1.54, 1.807) is 42.5 Å². The van der Waals surface area contributed by atoms with E-state index in [0.29, 0.717) is 26.3 Å². The fourth-order valence-electron chi connectivity index (χ4n) is 2.18. The van der Waals surface area contributed by atoms with Crippen molar-refractivity contribution in [2.24, 2.45) is 0 Å². The third-order valence-corrected chi connectivity index (χ3v) is 3.92. The summed E-state index contributed by atoms with van der Waals surface area (Å²) < 4.78 is 0. The molecular formula is C17H15Cl3N2O2. The molecule has 0 saturated carbocycles. The minimum atomic E-state index is -0.259. The number of benzene rings is 2. The molecule has 0 bridgehead atoms. The molecule has 2 amide bonds. The van der Waals surface area contributed by atoms with Crippen LogP contribution >= 0.6 is 34.8 Å². The number of amides is 2. The number of hydrogen-bond donors (Lipinski definition) is 1. The second-order valence-electron chi connectivity index (χ2n) is 5.06. The minimum absolute atomic E-state index is 0.176. The number of nitrogens with zero attached hydrogens (tertiary/aromatic N) is 1. The molecule has 0 atom stereocenters. The number of carbonyl (C=O) groups excluding carboxylic acids is 2. The summed E-state index contributed by atoms with van der Waals surface area (Å²) in [5, 5.41) is 4.11. The van der Waals surface area contributed by atoms with Crippen molar-refractivity contribution in [2.45, 2.75) is 6.92 Å². The smallest absolute Gasteiger partial charge is 0.251 e. The van der Waals surface area contributed by atoms with Crippen molar-refractivity contribution < 1.29 is 9.59 Å². The molecule has 0 fully saturated rings. The topological polar surface area (TPSA) is 49.4 Å². The summed E-state index contributed by atoms with van der Waals surface area (Å²) in [7, 11) is 0. The predicted octanol–water partition coefficient (Wildman–Crippen LogP) is 4.43. The molecule has 0 spiro atoms. The average Bonchev–Trinajstić information content (AvgIpc) is 2.49. The summed E-state index contributed by atoms with van der Waals surface area (Å²) in [6.45, 7) is 2.00. The van der Waals surface area contributed by atoms with Crippen LogP contribution in [-0.4, -0.2) is 24.9 Å². The maximum atomic E-state index is 12.1. The van der Waals surface area contributed by atoms with Gasteiger partial charge in [-0.05, 0) is 36.4 Å². The molecule has 4 nitrogen and oxygen atoms in total. The molecule has 0 heterocycles. The molecule has 2 aromatic rings. The van der Waals surface area contributed by atoms with E-state index < -0.39 is 0 Å². The maximum Gasteiger partial charge on any atom is 0.251 e. The number of anilines is 1. The van der Waals surface area contributed by atoms with Gasteiger partial charge in [0.15, 0.2) is 0 Å². The van der Waals surface area contributed by atoms with E-state index in [2.05, 4.69) is 5.32 Å². The van der Waals surface area contributed by atoms with Crippen LogP contribution in [0, 0.1) is 0 Å². The van der Waals surface area contributed by atoms with Crippen LogP contribution < -0.4 is 10.2 Å². The van der Waals surface area contributed by atoms with Crippen molar-refractivity contribution in [1.82, 2.24) is 5.32 Å². The highest BCUT2D eigenvalue weighted by Crippen LogP contribution is 2.25. The lowest BCUT2D eigenvalue weighted by Gasteiger charge is -2.22. The summed E-state index contributed by atoms with van der Waals surface area (Å²) in [5.74, 6) is -0.435. The van der Waals surface area contributed by atoms with E-state index in [1.165, 1.54) is 11.8 Å². The zero-order chi connectivity index (χ0) is 17.7. The van der Waals surface area contributed by atoms with Crippen molar-refractivity contribution in [2.75, 3.05) is 18.0 Å². The van der Waals surface area contributed by atoms with E-state index in [0.717, 1.165) is 0 Å².